The van der Waals surface area contributed by atoms with Gasteiger partial charge in [-0.1, -0.05) is 11.6 Å². The molecule has 1 aliphatic rings. The molecule has 4 rings (SSSR count). The van der Waals surface area contributed by atoms with Crippen molar-refractivity contribution < 1.29 is 26.7 Å². The third kappa shape index (κ3) is 5.20. The minimum Gasteiger partial charge on any atom is -0.335 e. The average molecular weight is 480 g/mol. The molecule has 34 heavy (non-hydrogen) atoms. The Kier molecular flexibility index (Phi) is 6.32. The summed E-state index contributed by atoms with van der Waals surface area (Å²) in [6.07, 6.45) is -1.23. The maximum Gasteiger partial charge on any atom is 0.419 e. The second-order valence-electron chi connectivity index (χ2n) is 8.23. The Morgan fingerprint density at radius 2 is 1.82 bits per heavy atom. The molecule has 1 amide bonds. The van der Waals surface area contributed by atoms with Crippen LogP contribution >= 0.6 is 0 Å². The van der Waals surface area contributed by atoms with Gasteiger partial charge in [-0.2, -0.15) is 28.2 Å². The standard InChI is InChI=1S/C22H21F5N6O/c1-14-2-4-18(33-30-7-8-31-33)17(10-14)20(34)32-9-6-21(23,24)11-16(32)3-5-19-28-12-15(13-29-19)22(25,26)27/h2,4,7-8,10,12-13,16H,3,5-6,9,11H2,1H3/t16-/m1/s1. The number of aromatic nitrogens is 5. The molecule has 0 N–H and O–H groups in total. The third-order valence-corrected chi connectivity index (χ3v) is 5.70. The van der Waals surface area contributed by atoms with Crippen LogP contribution in [0.2, 0.25) is 0 Å². The fraction of sp³-hybridized carbons (Fsp3) is 0.409. The minimum absolute atomic E-state index is 0.0457. The molecule has 0 bridgehead atoms. The summed E-state index contributed by atoms with van der Waals surface area (Å²) in [5.74, 6) is -3.31. The Balaban J connectivity index is 1.57. The molecular weight excluding hydrogens is 459 g/mol. The van der Waals surface area contributed by atoms with E-state index in [1.165, 1.54) is 22.1 Å². The summed E-state index contributed by atoms with van der Waals surface area (Å²) < 4.78 is 66.7. The Bertz CT molecular complexity index is 1150. The van der Waals surface area contributed by atoms with Crippen molar-refractivity contribution in [3.8, 4) is 5.69 Å². The molecule has 1 atom stereocenters. The van der Waals surface area contributed by atoms with E-state index in [0.717, 1.165) is 5.56 Å². The van der Waals surface area contributed by atoms with Gasteiger partial charge in [0.25, 0.3) is 11.8 Å². The van der Waals surface area contributed by atoms with Gasteiger partial charge in [0.1, 0.15) is 5.82 Å². The summed E-state index contributed by atoms with van der Waals surface area (Å²) >= 11 is 0. The first-order valence-electron chi connectivity index (χ1n) is 10.6. The lowest BCUT2D eigenvalue weighted by atomic mass is 9.93. The largest absolute Gasteiger partial charge is 0.419 e. The molecule has 0 unspecified atom stereocenters. The van der Waals surface area contributed by atoms with Crippen molar-refractivity contribution in [3.63, 3.8) is 0 Å². The zero-order valence-electron chi connectivity index (χ0n) is 18.1. The second kappa shape index (κ2) is 9.07. The van der Waals surface area contributed by atoms with Crippen LogP contribution in [0.15, 0.2) is 43.0 Å². The van der Waals surface area contributed by atoms with E-state index in [1.54, 1.807) is 25.1 Å². The van der Waals surface area contributed by atoms with Gasteiger partial charge in [-0.05, 0) is 25.5 Å². The molecular formula is C22H21F5N6O. The van der Waals surface area contributed by atoms with Crippen LogP contribution in [0.25, 0.3) is 5.69 Å². The van der Waals surface area contributed by atoms with Gasteiger partial charge in [0.15, 0.2) is 0 Å². The molecule has 2 aromatic heterocycles. The fourth-order valence-electron chi connectivity index (χ4n) is 3.97. The highest BCUT2D eigenvalue weighted by molar-refractivity contribution is 5.98. The van der Waals surface area contributed by atoms with Gasteiger partial charge >= 0.3 is 6.18 Å². The lowest BCUT2D eigenvalue weighted by Crippen LogP contribution is -2.50. The van der Waals surface area contributed by atoms with Gasteiger partial charge in [-0.25, -0.2) is 18.7 Å². The molecule has 1 saturated heterocycles. The number of hydrogen-bond acceptors (Lipinski definition) is 5. The molecule has 0 saturated carbocycles. The van der Waals surface area contributed by atoms with E-state index < -0.39 is 42.5 Å². The van der Waals surface area contributed by atoms with Crippen LogP contribution in [0, 0.1) is 6.92 Å². The molecule has 1 fully saturated rings. The molecule has 1 aliphatic heterocycles. The molecule has 7 nitrogen and oxygen atoms in total. The normalized spacial score (nSPS) is 18.2. The maximum atomic E-state index is 14.3. The molecule has 12 heteroatoms. The molecule has 180 valence electrons. The van der Waals surface area contributed by atoms with Crippen LogP contribution in [0.1, 0.15) is 46.6 Å². The number of rotatable bonds is 5. The smallest absolute Gasteiger partial charge is 0.335 e. The Morgan fingerprint density at radius 3 is 2.47 bits per heavy atom. The highest BCUT2D eigenvalue weighted by Crippen LogP contribution is 2.35. The van der Waals surface area contributed by atoms with Crippen molar-refractivity contribution in [2.45, 2.75) is 50.7 Å². The highest BCUT2D eigenvalue weighted by atomic mass is 19.4. The molecule has 3 heterocycles. The van der Waals surface area contributed by atoms with Gasteiger partial charge in [0.2, 0.25) is 0 Å². The van der Waals surface area contributed by atoms with Crippen LogP contribution in [0.4, 0.5) is 22.0 Å². The highest BCUT2D eigenvalue weighted by Gasteiger charge is 2.42. The average Bonchev–Trinajstić information content (AvgIpc) is 3.31. The van der Waals surface area contributed by atoms with Crippen LogP contribution in [0.3, 0.4) is 0 Å². The van der Waals surface area contributed by atoms with Gasteiger partial charge in [-0.3, -0.25) is 4.79 Å². The predicted molar refractivity (Wildman–Crippen MR) is 110 cm³/mol. The summed E-state index contributed by atoms with van der Waals surface area (Å²) in [6.45, 7) is 1.64. The Labute approximate surface area is 191 Å². The van der Waals surface area contributed by atoms with E-state index >= 15 is 0 Å². The number of alkyl halides is 5. The van der Waals surface area contributed by atoms with Crippen molar-refractivity contribution in [1.82, 2.24) is 29.9 Å². The van der Waals surface area contributed by atoms with Gasteiger partial charge in [-0.15, -0.1) is 0 Å². The SMILES string of the molecule is Cc1ccc(-n2nccn2)c(C(=O)N2CCC(F)(F)C[C@H]2CCc2ncc(C(F)(F)F)cn2)c1. The van der Waals surface area contributed by atoms with Gasteiger partial charge in [0.05, 0.1) is 29.2 Å². The number of amides is 1. The summed E-state index contributed by atoms with van der Waals surface area (Å²) in [5.41, 5.74) is 0.507. The number of piperidine rings is 1. The monoisotopic (exact) mass is 480 g/mol. The van der Waals surface area contributed by atoms with Crippen molar-refractivity contribution in [2.24, 2.45) is 0 Å². The topological polar surface area (TPSA) is 76.8 Å². The lowest BCUT2D eigenvalue weighted by Gasteiger charge is -2.39. The number of likely N-dealkylation sites (tertiary alicyclic amines) is 1. The first-order chi connectivity index (χ1) is 16.0. The Morgan fingerprint density at radius 1 is 1.15 bits per heavy atom. The van der Waals surface area contributed by atoms with E-state index in [2.05, 4.69) is 20.2 Å². The van der Waals surface area contributed by atoms with E-state index in [0.29, 0.717) is 18.1 Å². The first-order valence-corrected chi connectivity index (χ1v) is 10.6. The molecule has 0 aliphatic carbocycles. The summed E-state index contributed by atoms with van der Waals surface area (Å²) in [6, 6.07) is 4.29. The van der Waals surface area contributed by atoms with Crippen LogP contribution < -0.4 is 0 Å². The van der Waals surface area contributed by atoms with Crippen LogP contribution in [-0.2, 0) is 12.6 Å². The second-order valence-corrected chi connectivity index (χ2v) is 8.23. The maximum absolute atomic E-state index is 14.3. The van der Waals surface area contributed by atoms with E-state index in [1.807, 2.05) is 0 Å². The number of hydrogen-bond donors (Lipinski definition) is 0. The zero-order chi connectivity index (χ0) is 24.5. The number of aryl methyl sites for hydroxylation is 2. The van der Waals surface area contributed by atoms with E-state index in [-0.39, 0.29) is 30.8 Å². The van der Waals surface area contributed by atoms with Crippen molar-refractivity contribution >= 4 is 5.91 Å². The predicted octanol–water partition coefficient (Wildman–Crippen LogP) is 4.26. The zero-order valence-corrected chi connectivity index (χ0v) is 18.1. The first kappa shape index (κ1) is 23.7. The number of benzene rings is 1. The summed E-state index contributed by atoms with van der Waals surface area (Å²) in [7, 11) is 0. The number of carbonyl (C=O) groups excluding carboxylic acids is 1. The number of carbonyl (C=O) groups is 1. The van der Waals surface area contributed by atoms with Crippen molar-refractivity contribution in [3.05, 3.63) is 65.5 Å². The minimum atomic E-state index is -4.57. The van der Waals surface area contributed by atoms with E-state index in [4.69, 9.17) is 0 Å². The van der Waals surface area contributed by atoms with Crippen molar-refractivity contribution in [1.29, 1.82) is 0 Å². The quantitative estimate of drug-likeness (QED) is 0.510. The fourth-order valence-corrected chi connectivity index (χ4v) is 3.97. The number of nitrogens with zero attached hydrogens (tertiary/aromatic N) is 6. The third-order valence-electron chi connectivity index (χ3n) is 5.70. The van der Waals surface area contributed by atoms with Crippen LogP contribution in [0.5, 0.6) is 0 Å². The molecule has 0 spiro atoms. The van der Waals surface area contributed by atoms with Gasteiger partial charge in [0, 0.05) is 44.2 Å². The molecule has 0 radical (unpaired) electrons. The number of halogens is 5. The van der Waals surface area contributed by atoms with Gasteiger partial charge < -0.3 is 4.90 Å². The summed E-state index contributed by atoms with van der Waals surface area (Å²) in [5, 5.41) is 8.13. The molecule has 3 aromatic rings. The van der Waals surface area contributed by atoms with E-state index in [9.17, 15) is 26.7 Å². The Hall–Kier alpha value is -3.44. The lowest BCUT2D eigenvalue weighted by molar-refractivity contribution is -0.138. The van der Waals surface area contributed by atoms with Crippen LogP contribution in [-0.4, -0.2) is 54.3 Å². The molecule has 1 aromatic carbocycles. The summed E-state index contributed by atoms with van der Waals surface area (Å²) in [4.78, 5) is 23.6. The van der Waals surface area contributed by atoms with Crippen molar-refractivity contribution in [2.75, 3.05) is 6.54 Å².